The Morgan fingerprint density at radius 2 is 2.35 bits per heavy atom. The van der Waals surface area contributed by atoms with Crippen LogP contribution >= 0.6 is 11.8 Å². The average Bonchev–Trinajstić information content (AvgIpc) is 2.30. The van der Waals surface area contributed by atoms with Crippen LogP contribution in [-0.4, -0.2) is 43.5 Å². The van der Waals surface area contributed by atoms with Crippen molar-refractivity contribution in [2.24, 2.45) is 0 Å². The van der Waals surface area contributed by atoms with Gasteiger partial charge >= 0.3 is 0 Å². The van der Waals surface area contributed by atoms with Gasteiger partial charge in [-0.05, 0) is 31.7 Å². The van der Waals surface area contributed by atoms with Crippen LogP contribution in [0, 0.1) is 6.92 Å². The Bertz CT molecular complexity index is 384. The number of anilines is 1. The molecule has 0 aromatic heterocycles. The van der Waals surface area contributed by atoms with E-state index in [1.165, 1.54) is 10.5 Å². The highest BCUT2D eigenvalue weighted by molar-refractivity contribution is 7.99. The van der Waals surface area contributed by atoms with Gasteiger partial charge in [-0.1, -0.05) is 6.07 Å². The number of ether oxygens (including phenoxy) is 1. The normalized spacial score (nSPS) is 21.6. The molecular weight excluding hydrogens is 232 g/mol. The highest BCUT2D eigenvalue weighted by atomic mass is 32.2. The lowest BCUT2D eigenvalue weighted by atomic mass is 10.2. The van der Waals surface area contributed by atoms with E-state index in [9.17, 15) is 0 Å². The van der Waals surface area contributed by atoms with E-state index in [-0.39, 0.29) is 0 Å². The van der Waals surface area contributed by atoms with Gasteiger partial charge in [0.1, 0.15) is 0 Å². The van der Waals surface area contributed by atoms with Gasteiger partial charge in [0.2, 0.25) is 0 Å². The second-order valence-corrected chi connectivity index (χ2v) is 5.65. The lowest BCUT2D eigenvalue weighted by Crippen LogP contribution is -2.41. The van der Waals surface area contributed by atoms with Crippen LogP contribution in [0.25, 0.3) is 0 Å². The van der Waals surface area contributed by atoms with Crippen LogP contribution in [0.15, 0.2) is 23.1 Å². The Morgan fingerprint density at radius 1 is 1.53 bits per heavy atom. The van der Waals surface area contributed by atoms with E-state index in [2.05, 4.69) is 24.9 Å². The molecule has 4 heteroatoms. The third-order valence-electron chi connectivity index (χ3n) is 2.98. The predicted molar refractivity (Wildman–Crippen MR) is 73.6 cm³/mol. The average molecular weight is 252 g/mol. The molecule has 1 aliphatic rings. The van der Waals surface area contributed by atoms with Gasteiger partial charge in [-0.3, -0.25) is 0 Å². The van der Waals surface area contributed by atoms with Crippen LogP contribution in [-0.2, 0) is 4.74 Å². The molecule has 3 nitrogen and oxygen atoms in total. The van der Waals surface area contributed by atoms with Gasteiger partial charge in [0.25, 0.3) is 0 Å². The fourth-order valence-electron chi connectivity index (χ4n) is 1.92. The monoisotopic (exact) mass is 252 g/mol. The van der Waals surface area contributed by atoms with Gasteiger partial charge < -0.3 is 15.4 Å². The van der Waals surface area contributed by atoms with Gasteiger partial charge in [-0.2, -0.15) is 0 Å². The topological polar surface area (TPSA) is 38.5 Å². The molecule has 1 unspecified atom stereocenters. The summed E-state index contributed by atoms with van der Waals surface area (Å²) in [5.74, 6) is 0.995. The Labute approximate surface area is 107 Å². The lowest BCUT2D eigenvalue weighted by Gasteiger charge is -2.29. The van der Waals surface area contributed by atoms with Gasteiger partial charge in [-0.25, -0.2) is 0 Å². The fraction of sp³-hybridized carbons (Fsp3) is 0.538. The smallest absolute Gasteiger partial charge is 0.0796 e. The molecule has 1 saturated heterocycles. The lowest BCUT2D eigenvalue weighted by molar-refractivity contribution is -0.00598. The van der Waals surface area contributed by atoms with Crippen LogP contribution in [0.5, 0.6) is 0 Å². The number of likely N-dealkylation sites (N-methyl/N-ethyl adjacent to an activating group) is 1. The maximum atomic E-state index is 5.81. The first-order valence-corrected chi connectivity index (χ1v) is 6.93. The van der Waals surface area contributed by atoms with E-state index in [0.717, 1.165) is 31.1 Å². The van der Waals surface area contributed by atoms with E-state index in [0.29, 0.717) is 6.10 Å². The van der Waals surface area contributed by atoms with Crippen molar-refractivity contribution in [1.29, 1.82) is 0 Å². The minimum atomic E-state index is 0.333. The number of morpholine rings is 1. The summed E-state index contributed by atoms with van der Waals surface area (Å²) in [5, 5.41) is 0. The van der Waals surface area contributed by atoms with Crippen molar-refractivity contribution < 1.29 is 4.74 Å². The standard InChI is InChI=1S/C13H20N2OS/c1-10-3-4-11(14)7-13(10)17-9-12-8-15(2)5-6-16-12/h3-4,7,12H,5-6,8-9,14H2,1-2H3. The van der Waals surface area contributed by atoms with Crippen molar-refractivity contribution in [2.75, 3.05) is 38.2 Å². The van der Waals surface area contributed by atoms with E-state index < -0.39 is 0 Å². The maximum Gasteiger partial charge on any atom is 0.0796 e. The molecule has 0 aliphatic carbocycles. The molecule has 17 heavy (non-hydrogen) atoms. The number of benzene rings is 1. The molecule has 0 amide bonds. The summed E-state index contributed by atoms with van der Waals surface area (Å²) in [6, 6.07) is 6.07. The molecular formula is C13H20N2OS. The summed E-state index contributed by atoms with van der Waals surface area (Å²) in [5.41, 5.74) is 7.92. The molecule has 1 heterocycles. The minimum Gasteiger partial charge on any atom is -0.399 e. The molecule has 1 aromatic rings. The first-order valence-electron chi connectivity index (χ1n) is 5.94. The van der Waals surface area contributed by atoms with Crippen LogP contribution < -0.4 is 5.73 Å². The van der Waals surface area contributed by atoms with Crippen molar-refractivity contribution in [2.45, 2.75) is 17.9 Å². The second kappa shape index (κ2) is 5.76. The molecule has 2 N–H and O–H groups in total. The summed E-state index contributed by atoms with van der Waals surface area (Å²) >= 11 is 1.84. The largest absolute Gasteiger partial charge is 0.399 e. The minimum absolute atomic E-state index is 0.333. The summed E-state index contributed by atoms with van der Waals surface area (Å²) in [6.07, 6.45) is 0.333. The molecule has 1 fully saturated rings. The molecule has 1 atom stereocenters. The van der Waals surface area contributed by atoms with Gasteiger partial charge in [0.05, 0.1) is 12.7 Å². The Balaban J connectivity index is 1.90. The van der Waals surface area contributed by atoms with Crippen molar-refractivity contribution in [3.63, 3.8) is 0 Å². The maximum absolute atomic E-state index is 5.81. The fourth-order valence-corrected chi connectivity index (χ4v) is 3.00. The molecule has 0 saturated carbocycles. The highest BCUT2D eigenvalue weighted by Gasteiger charge is 2.17. The van der Waals surface area contributed by atoms with Crippen LogP contribution in [0.1, 0.15) is 5.56 Å². The number of rotatable bonds is 3. The number of thioether (sulfide) groups is 1. The summed E-state index contributed by atoms with van der Waals surface area (Å²) in [7, 11) is 2.14. The SMILES string of the molecule is Cc1ccc(N)cc1SCC1CN(C)CCO1. The predicted octanol–water partition coefficient (Wildman–Crippen LogP) is 2.00. The third kappa shape index (κ3) is 3.63. The number of hydrogen-bond acceptors (Lipinski definition) is 4. The van der Waals surface area contributed by atoms with E-state index in [4.69, 9.17) is 10.5 Å². The Morgan fingerprint density at radius 3 is 3.12 bits per heavy atom. The molecule has 94 valence electrons. The number of nitrogens with zero attached hydrogens (tertiary/aromatic N) is 1. The summed E-state index contributed by atoms with van der Waals surface area (Å²) < 4.78 is 5.75. The van der Waals surface area contributed by atoms with Crippen molar-refractivity contribution in [3.05, 3.63) is 23.8 Å². The van der Waals surface area contributed by atoms with Gasteiger partial charge in [0, 0.05) is 29.4 Å². The van der Waals surface area contributed by atoms with Crippen LogP contribution in [0.3, 0.4) is 0 Å². The molecule has 0 spiro atoms. The quantitative estimate of drug-likeness (QED) is 0.659. The van der Waals surface area contributed by atoms with Crippen LogP contribution in [0.4, 0.5) is 5.69 Å². The van der Waals surface area contributed by atoms with Crippen molar-refractivity contribution in [1.82, 2.24) is 4.90 Å². The molecule has 1 aliphatic heterocycles. The zero-order valence-corrected chi connectivity index (χ0v) is 11.3. The highest BCUT2D eigenvalue weighted by Crippen LogP contribution is 2.26. The van der Waals surface area contributed by atoms with E-state index in [1.807, 2.05) is 23.9 Å². The van der Waals surface area contributed by atoms with Crippen LogP contribution in [0.2, 0.25) is 0 Å². The summed E-state index contributed by atoms with van der Waals surface area (Å²) in [4.78, 5) is 3.59. The third-order valence-corrected chi connectivity index (χ3v) is 4.27. The molecule has 1 aromatic carbocycles. The zero-order chi connectivity index (χ0) is 12.3. The van der Waals surface area contributed by atoms with E-state index >= 15 is 0 Å². The molecule has 2 rings (SSSR count). The number of aryl methyl sites for hydroxylation is 1. The van der Waals surface area contributed by atoms with Crippen molar-refractivity contribution >= 4 is 17.4 Å². The molecule has 0 bridgehead atoms. The first kappa shape index (κ1) is 12.7. The summed E-state index contributed by atoms with van der Waals surface area (Å²) in [6.45, 7) is 5.03. The van der Waals surface area contributed by atoms with E-state index in [1.54, 1.807) is 0 Å². The molecule has 0 radical (unpaired) electrons. The van der Waals surface area contributed by atoms with Gasteiger partial charge in [0.15, 0.2) is 0 Å². The van der Waals surface area contributed by atoms with Crippen molar-refractivity contribution in [3.8, 4) is 0 Å². The number of hydrogen-bond donors (Lipinski definition) is 1. The number of nitrogen functional groups attached to an aromatic ring is 1. The van der Waals surface area contributed by atoms with Gasteiger partial charge in [-0.15, -0.1) is 11.8 Å². The Kier molecular flexibility index (Phi) is 4.31. The number of nitrogens with two attached hydrogens (primary N) is 1. The second-order valence-electron chi connectivity index (χ2n) is 4.59. The Hall–Kier alpha value is -0.710. The first-order chi connectivity index (χ1) is 8.15. The zero-order valence-electron chi connectivity index (χ0n) is 10.5.